The van der Waals surface area contributed by atoms with Gasteiger partial charge in [-0.3, -0.25) is 4.79 Å². The van der Waals surface area contributed by atoms with E-state index in [0.29, 0.717) is 0 Å². The van der Waals surface area contributed by atoms with E-state index < -0.39 is 28.8 Å². The Morgan fingerprint density at radius 2 is 0.882 bits per heavy atom. The molecule has 0 saturated heterocycles. The van der Waals surface area contributed by atoms with Crippen molar-refractivity contribution < 1.29 is 35.4 Å². The average Bonchev–Trinajstić information content (AvgIpc) is 2.74. The number of carbonyl (C=O) groups excluding carboxylic acids is 1. The lowest BCUT2D eigenvalue weighted by molar-refractivity contribution is 0.103. The van der Waals surface area contributed by atoms with Gasteiger partial charge in [-0.25, -0.2) is 0 Å². The van der Waals surface area contributed by atoms with Crippen LogP contribution in [0.4, 0.5) is 0 Å². The summed E-state index contributed by atoms with van der Waals surface area (Å²) < 4.78 is 0. The highest BCUT2D eigenvalue weighted by Gasteiger charge is 2.24. The Morgan fingerprint density at radius 1 is 0.559 bits per heavy atom. The third kappa shape index (κ3) is 3.91. The highest BCUT2D eigenvalue weighted by Crippen LogP contribution is 2.46. The number of ketones is 1. The van der Waals surface area contributed by atoms with E-state index in [0.717, 1.165) is 24.3 Å². The fourth-order valence-corrected chi connectivity index (χ4v) is 4.31. The number of rotatable bonds is 4. The number of hydrogen-bond donors (Lipinski definition) is 6. The van der Waals surface area contributed by atoms with Crippen LogP contribution in [-0.4, -0.2) is 36.4 Å². The van der Waals surface area contributed by atoms with Crippen molar-refractivity contribution >= 4 is 29.0 Å². The van der Waals surface area contributed by atoms with Crippen molar-refractivity contribution in [3.63, 3.8) is 0 Å². The molecule has 0 bridgehead atoms. The van der Waals surface area contributed by atoms with E-state index >= 15 is 0 Å². The molecule has 0 heterocycles. The molecule has 0 aliphatic carbocycles. The van der Waals surface area contributed by atoms with E-state index in [4.69, 9.17) is 23.2 Å². The van der Waals surface area contributed by atoms with Gasteiger partial charge in [0.2, 0.25) is 0 Å². The molecule has 9 heteroatoms. The molecule has 0 aliphatic rings. The highest BCUT2D eigenvalue weighted by molar-refractivity contribution is 6.41. The summed E-state index contributed by atoms with van der Waals surface area (Å²) in [7, 11) is 0. The zero-order valence-corrected chi connectivity index (χ0v) is 18.6. The van der Waals surface area contributed by atoms with Crippen LogP contribution >= 0.6 is 23.2 Å². The van der Waals surface area contributed by atoms with Gasteiger partial charge in [0, 0.05) is 46.5 Å². The van der Waals surface area contributed by atoms with Gasteiger partial charge in [0.15, 0.2) is 5.78 Å². The van der Waals surface area contributed by atoms with Gasteiger partial charge >= 0.3 is 0 Å². The Balaban J connectivity index is 1.85. The molecule has 0 aliphatic heterocycles. The minimum atomic E-state index is -0.603. The average molecular weight is 499 g/mol. The minimum Gasteiger partial charge on any atom is -0.508 e. The zero-order chi connectivity index (χ0) is 24.7. The SMILES string of the molecule is O=C(c1cccc(-c2c(O)cc(O)cc2O)c1Cl)c1cccc(-c2c(O)cc(O)cc2O)c1Cl. The maximum Gasteiger partial charge on any atom is 0.196 e. The summed E-state index contributed by atoms with van der Waals surface area (Å²) in [5, 5.41) is 59.9. The summed E-state index contributed by atoms with van der Waals surface area (Å²) in [5.74, 6) is -3.08. The smallest absolute Gasteiger partial charge is 0.196 e. The van der Waals surface area contributed by atoms with E-state index in [1.807, 2.05) is 0 Å². The van der Waals surface area contributed by atoms with Crippen molar-refractivity contribution in [3.05, 3.63) is 81.8 Å². The largest absolute Gasteiger partial charge is 0.508 e. The topological polar surface area (TPSA) is 138 Å². The molecular formula is C25H16Cl2O7. The van der Waals surface area contributed by atoms with Crippen LogP contribution in [0.1, 0.15) is 15.9 Å². The summed E-state index contributed by atoms with van der Waals surface area (Å²) in [5.41, 5.74) is 0.146. The molecule has 0 fully saturated rings. The molecule has 7 nitrogen and oxygen atoms in total. The fourth-order valence-electron chi connectivity index (χ4n) is 3.69. The van der Waals surface area contributed by atoms with Crippen LogP contribution in [-0.2, 0) is 0 Å². The van der Waals surface area contributed by atoms with Crippen LogP contribution in [0.15, 0.2) is 60.7 Å². The van der Waals surface area contributed by atoms with Crippen LogP contribution in [0.5, 0.6) is 34.5 Å². The lowest BCUT2D eigenvalue weighted by Crippen LogP contribution is -2.04. The van der Waals surface area contributed by atoms with Crippen molar-refractivity contribution in [1.29, 1.82) is 0 Å². The summed E-state index contributed by atoms with van der Waals surface area (Å²) in [4.78, 5) is 13.4. The normalized spacial score (nSPS) is 10.9. The van der Waals surface area contributed by atoms with Crippen LogP contribution in [0.2, 0.25) is 10.0 Å². The lowest BCUT2D eigenvalue weighted by atomic mass is 9.94. The minimum absolute atomic E-state index is 0.00393. The highest BCUT2D eigenvalue weighted by atomic mass is 35.5. The van der Waals surface area contributed by atoms with Gasteiger partial charge in [-0.05, 0) is 12.1 Å². The molecule has 4 aromatic rings. The van der Waals surface area contributed by atoms with Gasteiger partial charge < -0.3 is 30.6 Å². The van der Waals surface area contributed by atoms with Crippen molar-refractivity contribution in [2.45, 2.75) is 0 Å². The second-order valence-corrected chi connectivity index (χ2v) is 8.14. The van der Waals surface area contributed by atoms with Crippen LogP contribution < -0.4 is 0 Å². The van der Waals surface area contributed by atoms with E-state index in [1.165, 1.54) is 36.4 Å². The van der Waals surface area contributed by atoms with E-state index in [1.54, 1.807) is 0 Å². The van der Waals surface area contributed by atoms with Crippen LogP contribution in [0, 0.1) is 0 Å². The number of hydrogen-bond acceptors (Lipinski definition) is 7. The number of aromatic hydroxyl groups is 6. The summed E-state index contributed by atoms with van der Waals surface area (Å²) in [6.45, 7) is 0. The molecule has 0 unspecified atom stereocenters. The molecule has 0 amide bonds. The van der Waals surface area contributed by atoms with Crippen molar-refractivity contribution in [2.24, 2.45) is 0 Å². The Labute approximate surface area is 203 Å². The van der Waals surface area contributed by atoms with Gasteiger partial charge in [0.05, 0.1) is 21.2 Å². The molecule has 0 aromatic heterocycles. The number of carbonyl (C=O) groups is 1. The third-order valence-electron chi connectivity index (χ3n) is 5.19. The predicted octanol–water partition coefficient (Wildman–Crippen LogP) is 5.79. The summed E-state index contributed by atoms with van der Waals surface area (Å²) >= 11 is 13.0. The molecule has 0 atom stereocenters. The fraction of sp³-hybridized carbons (Fsp3) is 0. The number of halogens is 2. The molecule has 4 rings (SSSR count). The van der Waals surface area contributed by atoms with E-state index in [2.05, 4.69) is 0 Å². The number of benzene rings is 4. The first-order valence-corrected chi connectivity index (χ1v) is 10.5. The first-order chi connectivity index (χ1) is 16.1. The monoisotopic (exact) mass is 498 g/mol. The lowest BCUT2D eigenvalue weighted by Gasteiger charge is -2.15. The second-order valence-electron chi connectivity index (χ2n) is 7.38. The Hall–Kier alpha value is -4.07. The third-order valence-corrected chi connectivity index (χ3v) is 6.00. The van der Waals surface area contributed by atoms with Crippen LogP contribution in [0.3, 0.4) is 0 Å². The Morgan fingerprint density at radius 3 is 1.21 bits per heavy atom. The Kier molecular flexibility index (Phi) is 5.91. The zero-order valence-electron chi connectivity index (χ0n) is 17.1. The molecule has 0 radical (unpaired) electrons. The Bertz CT molecular complexity index is 1310. The van der Waals surface area contributed by atoms with E-state index in [-0.39, 0.29) is 54.9 Å². The second kappa shape index (κ2) is 8.70. The molecule has 34 heavy (non-hydrogen) atoms. The van der Waals surface area contributed by atoms with Crippen molar-refractivity contribution in [2.75, 3.05) is 0 Å². The predicted molar refractivity (Wildman–Crippen MR) is 127 cm³/mol. The van der Waals surface area contributed by atoms with Gasteiger partial charge in [-0.1, -0.05) is 47.5 Å². The molecular weight excluding hydrogens is 483 g/mol. The van der Waals surface area contributed by atoms with Gasteiger partial charge in [0.1, 0.15) is 34.5 Å². The molecule has 4 aromatic carbocycles. The number of phenols is 6. The van der Waals surface area contributed by atoms with Crippen molar-refractivity contribution in [1.82, 2.24) is 0 Å². The maximum absolute atomic E-state index is 13.4. The number of phenolic OH excluding ortho intramolecular Hbond substituents is 6. The van der Waals surface area contributed by atoms with Gasteiger partial charge in [-0.2, -0.15) is 0 Å². The van der Waals surface area contributed by atoms with Crippen LogP contribution in [0.25, 0.3) is 22.3 Å². The summed E-state index contributed by atoms with van der Waals surface area (Å²) in [6, 6.07) is 12.9. The first kappa shape index (κ1) is 23.1. The van der Waals surface area contributed by atoms with E-state index in [9.17, 15) is 35.4 Å². The molecule has 0 spiro atoms. The van der Waals surface area contributed by atoms with Gasteiger partial charge in [0.25, 0.3) is 0 Å². The standard InChI is InChI=1S/C25H16Cl2O7/c26-23-13(21-17(30)7-11(28)8-18(21)31)3-1-5-15(23)25(34)16-6-2-4-14(24(16)27)22-19(32)9-12(29)10-20(22)33/h1-10,28-33H. The summed E-state index contributed by atoms with van der Waals surface area (Å²) in [6.07, 6.45) is 0. The first-order valence-electron chi connectivity index (χ1n) is 9.72. The van der Waals surface area contributed by atoms with Gasteiger partial charge in [-0.15, -0.1) is 0 Å². The quantitative estimate of drug-likeness (QED) is 0.195. The molecule has 0 saturated carbocycles. The molecule has 6 N–H and O–H groups in total. The molecule has 172 valence electrons. The maximum atomic E-state index is 13.4. The van der Waals surface area contributed by atoms with Crippen molar-refractivity contribution in [3.8, 4) is 56.8 Å².